The van der Waals surface area contributed by atoms with Crippen LogP contribution in [-0.4, -0.2) is 0 Å². The topological polar surface area (TPSA) is 7.76 Å². The minimum absolute atomic E-state index is 0.0326. The highest BCUT2D eigenvalue weighted by molar-refractivity contribution is 7.25. The van der Waals surface area contributed by atoms with Gasteiger partial charge in [0, 0.05) is 74.3 Å². The lowest BCUT2D eigenvalue weighted by Gasteiger charge is -2.40. The van der Waals surface area contributed by atoms with E-state index in [0.717, 1.165) is 32.2 Å². The summed E-state index contributed by atoms with van der Waals surface area (Å²) in [6, 6.07) is 43.4. The van der Waals surface area contributed by atoms with Gasteiger partial charge in [0.1, 0.15) is 6.54 Å². The van der Waals surface area contributed by atoms with Crippen LogP contribution in [0.2, 0.25) is 0 Å². The predicted octanol–water partition coefficient (Wildman–Crippen LogP) is 12.4. The minimum atomic E-state index is -0.0326. The normalized spacial score (nSPS) is 14.9. The average Bonchev–Trinajstić information content (AvgIpc) is 3.54. The number of aromatic nitrogens is 2. The number of rotatable bonds is 11. The van der Waals surface area contributed by atoms with E-state index in [-0.39, 0.29) is 5.54 Å². The van der Waals surface area contributed by atoms with Crippen molar-refractivity contribution < 1.29 is 9.13 Å². The second-order valence-corrected chi connectivity index (χ2v) is 15.7. The summed E-state index contributed by atoms with van der Waals surface area (Å²) >= 11 is 1.90. The molecule has 1 aliphatic heterocycles. The molecule has 1 aliphatic rings. The van der Waals surface area contributed by atoms with E-state index >= 15 is 0 Å². The molecule has 256 valence electrons. The first-order valence-corrected chi connectivity index (χ1v) is 20.0. The van der Waals surface area contributed by atoms with Gasteiger partial charge in [-0.25, -0.2) is 0 Å². The molecule has 1 atom stereocenters. The first-order chi connectivity index (χ1) is 25.1. The molecule has 0 bridgehead atoms. The van der Waals surface area contributed by atoms with E-state index in [1.807, 2.05) is 11.3 Å². The Bertz CT molecular complexity index is 2330. The lowest BCUT2D eigenvalue weighted by molar-refractivity contribution is -0.764. The van der Waals surface area contributed by atoms with Gasteiger partial charge < -0.3 is 0 Å². The lowest BCUT2D eigenvalue weighted by atomic mass is 9.68. The number of nitrogens with zero attached hydrogens (tertiary/aromatic N) is 2. The van der Waals surface area contributed by atoms with Gasteiger partial charge in [-0.3, -0.25) is 0 Å². The molecule has 7 aromatic rings. The van der Waals surface area contributed by atoms with E-state index in [2.05, 4.69) is 164 Å². The molecule has 4 heterocycles. The molecule has 0 amide bonds. The van der Waals surface area contributed by atoms with Gasteiger partial charge >= 0.3 is 0 Å². The number of aryl methyl sites for hydroxylation is 3. The number of hydrogen-bond acceptors (Lipinski definition) is 1. The Morgan fingerprint density at radius 2 is 1.43 bits per heavy atom. The van der Waals surface area contributed by atoms with Gasteiger partial charge in [0.2, 0.25) is 11.4 Å². The van der Waals surface area contributed by atoms with Crippen LogP contribution in [0.3, 0.4) is 0 Å². The number of fused-ring (bicyclic) bond motifs is 6. The van der Waals surface area contributed by atoms with Crippen molar-refractivity contribution in [2.45, 2.75) is 90.6 Å². The van der Waals surface area contributed by atoms with E-state index in [4.69, 9.17) is 0 Å². The maximum absolute atomic E-state index is 2.72. The molecule has 0 aliphatic carbocycles. The molecule has 0 N–H and O–H groups in total. The average molecular weight is 687 g/mol. The molecule has 0 saturated carbocycles. The summed E-state index contributed by atoms with van der Waals surface area (Å²) in [6.45, 7) is 10.4. The van der Waals surface area contributed by atoms with E-state index in [1.165, 1.54) is 89.8 Å². The SMILES string of the molecule is CCCCCc1cc2[n+](cc1-c1ccccc1)C(CC)(CC)C(CC[n+]1ccccc1-c1cc3c(cc1C)sc1ccccc13)c1ccccc1-2. The zero-order valence-corrected chi connectivity index (χ0v) is 31.5. The quantitative estimate of drug-likeness (QED) is 0.0945. The van der Waals surface area contributed by atoms with Crippen molar-refractivity contribution in [2.24, 2.45) is 0 Å². The van der Waals surface area contributed by atoms with Crippen molar-refractivity contribution >= 4 is 31.5 Å². The summed E-state index contributed by atoms with van der Waals surface area (Å²) in [7, 11) is 0. The number of hydrogen-bond donors (Lipinski definition) is 0. The molecule has 1 unspecified atom stereocenters. The molecule has 0 spiro atoms. The highest BCUT2D eigenvalue weighted by Crippen LogP contribution is 2.48. The van der Waals surface area contributed by atoms with Crippen LogP contribution in [-0.2, 0) is 18.5 Å². The van der Waals surface area contributed by atoms with Crippen molar-refractivity contribution in [3.05, 3.63) is 144 Å². The van der Waals surface area contributed by atoms with Gasteiger partial charge in [-0.05, 0) is 72.4 Å². The fraction of sp³-hybridized carbons (Fsp3) is 0.292. The summed E-state index contributed by atoms with van der Waals surface area (Å²) in [5, 5.41) is 2.72. The van der Waals surface area contributed by atoms with E-state index in [0.29, 0.717) is 5.92 Å². The fourth-order valence-electron chi connectivity index (χ4n) is 9.15. The molecule has 3 aromatic heterocycles. The highest BCUT2D eigenvalue weighted by Gasteiger charge is 2.51. The summed E-state index contributed by atoms with van der Waals surface area (Å²) in [4.78, 5) is 0. The number of benzene rings is 4. The van der Waals surface area contributed by atoms with Gasteiger partial charge in [0.15, 0.2) is 17.9 Å². The maximum Gasteiger partial charge on any atom is 0.213 e. The second kappa shape index (κ2) is 14.2. The Kier molecular flexibility index (Phi) is 9.34. The molecule has 4 aromatic carbocycles. The molecule has 0 saturated heterocycles. The van der Waals surface area contributed by atoms with Crippen molar-refractivity contribution in [2.75, 3.05) is 0 Å². The van der Waals surface area contributed by atoms with Crippen LogP contribution in [0.15, 0.2) is 128 Å². The van der Waals surface area contributed by atoms with Crippen molar-refractivity contribution in [3.63, 3.8) is 0 Å². The maximum atomic E-state index is 2.72. The van der Waals surface area contributed by atoms with Crippen LogP contribution >= 0.6 is 11.3 Å². The van der Waals surface area contributed by atoms with Gasteiger partial charge in [0.05, 0.1) is 5.92 Å². The van der Waals surface area contributed by atoms with Crippen LogP contribution in [0.5, 0.6) is 0 Å². The first kappa shape index (κ1) is 33.5. The van der Waals surface area contributed by atoms with Crippen LogP contribution in [0.25, 0.3) is 53.8 Å². The summed E-state index contributed by atoms with van der Waals surface area (Å²) in [6.07, 6.45) is 12.9. The van der Waals surface area contributed by atoms with Crippen LogP contribution in [0.4, 0.5) is 0 Å². The smallest absolute Gasteiger partial charge is 0.198 e. The largest absolute Gasteiger partial charge is 0.213 e. The summed E-state index contributed by atoms with van der Waals surface area (Å²) in [5.41, 5.74) is 12.4. The minimum Gasteiger partial charge on any atom is -0.198 e. The predicted molar refractivity (Wildman–Crippen MR) is 216 cm³/mol. The third kappa shape index (κ3) is 5.90. The third-order valence-corrected chi connectivity index (χ3v) is 13.0. The Hall–Kier alpha value is -4.60. The van der Waals surface area contributed by atoms with E-state index in [9.17, 15) is 0 Å². The third-order valence-electron chi connectivity index (χ3n) is 11.9. The lowest BCUT2D eigenvalue weighted by Crippen LogP contribution is -2.62. The zero-order chi connectivity index (χ0) is 35.0. The van der Waals surface area contributed by atoms with Crippen LogP contribution in [0.1, 0.15) is 81.9 Å². The number of unbranched alkanes of at least 4 members (excludes halogenated alkanes) is 2. The standard InChI is InChI=1S/C48H50N2S/c1-5-8-10-21-36-31-45-38-23-14-13-22-37(38)43(48(6-2,7-3)50(45)33-42(36)35-19-11-9-12-20-35)27-29-49-28-18-17-25-44(49)40-32-41-39-24-15-16-26-46(39)51-47(41)30-34(40)4/h9,11-20,22-26,28,30-33,43H,5-8,10,21,27,29H2,1-4H3/q+2. The van der Waals surface area contributed by atoms with Crippen molar-refractivity contribution in [1.29, 1.82) is 0 Å². The molecule has 51 heavy (non-hydrogen) atoms. The Labute approximate surface area is 308 Å². The van der Waals surface area contributed by atoms with Crippen molar-refractivity contribution in [3.8, 4) is 33.6 Å². The number of thiophene rings is 1. The van der Waals surface area contributed by atoms with Gasteiger partial charge in [0.25, 0.3) is 0 Å². The number of pyridine rings is 2. The highest BCUT2D eigenvalue weighted by atomic mass is 32.1. The van der Waals surface area contributed by atoms with Gasteiger partial charge in [-0.15, -0.1) is 11.3 Å². The summed E-state index contributed by atoms with van der Waals surface area (Å²) in [5.74, 6) is 0.376. The molecule has 2 nitrogen and oxygen atoms in total. The fourth-order valence-corrected chi connectivity index (χ4v) is 10.3. The Morgan fingerprint density at radius 1 is 0.667 bits per heavy atom. The summed E-state index contributed by atoms with van der Waals surface area (Å²) < 4.78 is 7.97. The molecule has 3 heteroatoms. The van der Waals surface area contributed by atoms with Crippen molar-refractivity contribution in [1.82, 2.24) is 0 Å². The Balaban J connectivity index is 1.22. The van der Waals surface area contributed by atoms with Crippen LogP contribution < -0.4 is 9.13 Å². The van der Waals surface area contributed by atoms with Gasteiger partial charge in [-0.2, -0.15) is 9.13 Å². The van der Waals surface area contributed by atoms with E-state index < -0.39 is 0 Å². The Morgan fingerprint density at radius 3 is 2.25 bits per heavy atom. The molecular weight excluding hydrogens is 637 g/mol. The first-order valence-electron chi connectivity index (χ1n) is 19.2. The molecule has 0 radical (unpaired) electrons. The second-order valence-electron chi connectivity index (χ2n) is 14.6. The van der Waals surface area contributed by atoms with Crippen LogP contribution in [0, 0.1) is 6.92 Å². The monoisotopic (exact) mass is 686 g/mol. The van der Waals surface area contributed by atoms with E-state index in [1.54, 1.807) is 0 Å². The zero-order valence-electron chi connectivity index (χ0n) is 30.7. The molecule has 0 fully saturated rings. The van der Waals surface area contributed by atoms with Gasteiger partial charge in [-0.1, -0.05) is 100 Å². The molecular formula is C48H50N2S+2. The molecule has 8 rings (SSSR count).